The fourth-order valence-electron chi connectivity index (χ4n) is 4.45. The van der Waals surface area contributed by atoms with Crippen LogP contribution in [-0.2, 0) is 28.8 Å². The molecule has 0 N–H and O–H groups in total. The van der Waals surface area contributed by atoms with Gasteiger partial charge in [-0.2, -0.15) is 4.89 Å². The predicted octanol–water partition coefficient (Wildman–Crippen LogP) is 8.03. The van der Waals surface area contributed by atoms with E-state index in [4.69, 9.17) is 23.7 Å². The minimum Gasteiger partial charge on any atom is -0.428 e. The molecular weight excluding hydrogens is 742 g/mol. The van der Waals surface area contributed by atoms with Crippen LogP contribution >= 0.6 is 0 Å². The van der Waals surface area contributed by atoms with Crippen LogP contribution in [0.1, 0.15) is 81.2 Å². The lowest BCUT2D eigenvalue weighted by atomic mass is 10.1. The van der Waals surface area contributed by atoms with Crippen LogP contribution in [0.4, 0.5) is 9.59 Å². The number of hydrogen-bond donors (Lipinski definition) is 0. The van der Waals surface area contributed by atoms with E-state index in [-0.39, 0.29) is 68.5 Å². The third-order valence-electron chi connectivity index (χ3n) is 6.80. The Morgan fingerprint density at radius 1 is 0.684 bits per heavy atom. The molecule has 1 heterocycles. The molecule has 0 radical (unpaired) electrons. The van der Waals surface area contributed by atoms with Crippen molar-refractivity contribution in [2.75, 3.05) is 7.11 Å². The summed E-state index contributed by atoms with van der Waals surface area (Å²) >= 11 is 0. The van der Waals surface area contributed by atoms with E-state index < -0.39 is 29.5 Å². The first-order valence-corrected chi connectivity index (χ1v) is 17.2. The van der Waals surface area contributed by atoms with E-state index in [1.54, 1.807) is 73.6 Å². The van der Waals surface area contributed by atoms with Gasteiger partial charge in [-0.15, -0.1) is 0 Å². The van der Waals surface area contributed by atoms with Crippen LogP contribution < -0.4 is 14.2 Å². The molecule has 0 unspecified atom stereocenters. The second-order valence-corrected chi connectivity index (χ2v) is 13.8. The number of hydrogen-bond acceptors (Lipinski definition) is 16. The lowest BCUT2D eigenvalue weighted by molar-refractivity contribution is -0.254. The molecule has 0 fully saturated rings. The topological polar surface area (TPSA) is 206 Å². The molecule has 0 aliphatic heterocycles. The number of aldehydes is 2. The summed E-state index contributed by atoms with van der Waals surface area (Å²) in [5.41, 5.74) is -0.146. The zero-order chi connectivity index (χ0) is 42.5. The number of rotatable bonds is 11. The Morgan fingerprint density at radius 3 is 1.65 bits per heavy atom. The lowest BCUT2D eigenvalue weighted by Crippen LogP contribution is -2.26. The Morgan fingerprint density at radius 2 is 1.19 bits per heavy atom. The standard InChI is InChI=1S/C37H35N3O10.C4H8O3/c1-9-30(43)46-24-12-15-25(23(18-24)20-42)31-38-32(26-13-10-21(2)16-28(26)47-34(44)49-36(3,4)5)40-33(39-31)27-14-11-22(19-41)17-29(27)48-35(45)50-37(6,7)8;1-3-4(5)7-6-2/h9-20H,1H2,2-8H3;3H2,1-2H3. The van der Waals surface area contributed by atoms with Gasteiger partial charge in [-0.3, -0.25) is 14.5 Å². The smallest absolute Gasteiger partial charge is 0.428 e. The lowest BCUT2D eigenvalue weighted by Gasteiger charge is -2.20. The molecule has 1 aromatic heterocycles. The molecule has 0 saturated carbocycles. The van der Waals surface area contributed by atoms with E-state index in [0.29, 0.717) is 19.0 Å². The van der Waals surface area contributed by atoms with E-state index in [1.165, 1.54) is 43.5 Å². The highest BCUT2D eigenvalue weighted by atomic mass is 17.2. The number of aromatic nitrogens is 3. The monoisotopic (exact) mass is 785 g/mol. The van der Waals surface area contributed by atoms with Crippen LogP contribution in [0.3, 0.4) is 0 Å². The molecule has 4 rings (SSSR count). The van der Waals surface area contributed by atoms with Crippen molar-refractivity contribution in [2.24, 2.45) is 0 Å². The molecule has 3 aromatic carbocycles. The van der Waals surface area contributed by atoms with Gasteiger partial charge < -0.3 is 23.7 Å². The average Bonchev–Trinajstić information content (AvgIpc) is 3.13. The van der Waals surface area contributed by atoms with Gasteiger partial charge in [0.05, 0.1) is 18.2 Å². The number of aryl methyl sites for hydroxylation is 1. The molecule has 0 atom stereocenters. The number of carbonyl (C=O) groups excluding carboxylic acids is 6. The summed E-state index contributed by atoms with van der Waals surface area (Å²) in [6.45, 7) is 16.9. The molecule has 0 aliphatic rings. The normalized spacial score (nSPS) is 10.8. The highest BCUT2D eigenvalue weighted by Crippen LogP contribution is 2.36. The van der Waals surface area contributed by atoms with Crippen molar-refractivity contribution >= 4 is 36.8 Å². The van der Waals surface area contributed by atoms with Crippen LogP contribution in [0.5, 0.6) is 17.2 Å². The van der Waals surface area contributed by atoms with Crippen LogP contribution in [0.15, 0.2) is 67.3 Å². The van der Waals surface area contributed by atoms with Gasteiger partial charge in [0.25, 0.3) is 0 Å². The van der Waals surface area contributed by atoms with Crippen LogP contribution in [0.2, 0.25) is 0 Å². The highest BCUT2D eigenvalue weighted by Gasteiger charge is 2.25. The Labute approximate surface area is 329 Å². The number of esters is 1. The average molecular weight is 786 g/mol. The maximum atomic E-state index is 12.8. The minimum atomic E-state index is -1.05. The summed E-state index contributed by atoms with van der Waals surface area (Å²) in [7, 11) is 1.30. The third-order valence-corrected chi connectivity index (χ3v) is 6.80. The number of benzene rings is 3. The molecule has 0 aliphatic carbocycles. The number of ether oxygens (including phenoxy) is 5. The summed E-state index contributed by atoms with van der Waals surface area (Å²) in [5, 5.41) is 0. The fourth-order valence-corrected chi connectivity index (χ4v) is 4.45. The van der Waals surface area contributed by atoms with E-state index >= 15 is 0 Å². The van der Waals surface area contributed by atoms with Gasteiger partial charge in [-0.25, -0.2) is 34.1 Å². The third kappa shape index (κ3) is 13.8. The summed E-state index contributed by atoms with van der Waals surface area (Å²) in [6, 6.07) is 13.5. The Balaban J connectivity index is 0.00000113. The van der Waals surface area contributed by atoms with Crippen LogP contribution in [-0.4, -0.2) is 70.1 Å². The Bertz CT molecular complexity index is 2150. The van der Waals surface area contributed by atoms with Gasteiger partial charge in [-0.05, 0) is 96.5 Å². The van der Waals surface area contributed by atoms with Crippen molar-refractivity contribution in [1.29, 1.82) is 0 Å². The molecule has 0 amide bonds. The fraction of sp³-hybridized carbons (Fsp3) is 0.293. The van der Waals surface area contributed by atoms with Gasteiger partial charge in [0.2, 0.25) is 0 Å². The first-order chi connectivity index (χ1) is 26.8. The molecule has 0 saturated heterocycles. The number of nitrogens with zero attached hydrogens (tertiary/aromatic N) is 3. The Kier molecular flexibility index (Phi) is 15.4. The van der Waals surface area contributed by atoms with Crippen molar-refractivity contribution < 1.29 is 62.2 Å². The summed E-state index contributed by atoms with van der Waals surface area (Å²) in [4.78, 5) is 93.4. The molecule has 57 heavy (non-hydrogen) atoms. The van der Waals surface area contributed by atoms with Crippen molar-refractivity contribution in [2.45, 2.75) is 73.0 Å². The molecule has 16 heteroatoms. The quantitative estimate of drug-likeness (QED) is 0.0268. The molecule has 300 valence electrons. The summed E-state index contributed by atoms with van der Waals surface area (Å²) < 4.78 is 27.0. The summed E-state index contributed by atoms with van der Waals surface area (Å²) in [6.07, 6.45) is 0.417. The second-order valence-electron chi connectivity index (χ2n) is 13.8. The van der Waals surface area contributed by atoms with Gasteiger partial charge in [0.15, 0.2) is 23.8 Å². The van der Waals surface area contributed by atoms with E-state index in [0.717, 1.165) is 11.6 Å². The molecule has 0 spiro atoms. The number of carbonyl (C=O) groups is 6. The molecular formula is C41H43N3O13. The van der Waals surface area contributed by atoms with E-state index in [2.05, 4.69) is 31.3 Å². The molecule has 0 bridgehead atoms. The van der Waals surface area contributed by atoms with Crippen molar-refractivity contribution in [3.8, 4) is 51.4 Å². The van der Waals surface area contributed by atoms with E-state index in [1.807, 2.05) is 0 Å². The van der Waals surface area contributed by atoms with Gasteiger partial charge in [-0.1, -0.05) is 25.6 Å². The van der Waals surface area contributed by atoms with Crippen LogP contribution in [0, 0.1) is 6.92 Å². The first kappa shape index (κ1) is 44.6. The van der Waals surface area contributed by atoms with Gasteiger partial charge >= 0.3 is 24.2 Å². The molecule has 4 aromatic rings. The van der Waals surface area contributed by atoms with Crippen molar-refractivity contribution in [1.82, 2.24) is 15.0 Å². The Hall–Kier alpha value is -6.81. The van der Waals surface area contributed by atoms with E-state index in [9.17, 15) is 28.8 Å². The predicted molar refractivity (Wildman–Crippen MR) is 205 cm³/mol. The van der Waals surface area contributed by atoms with Crippen molar-refractivity contribution in [3.05, 3.63) is 83.9 Å². The zero-order valence-corrected chi connectivity index (χ0v) is 33.0. The largest absolute Gasteiger partial charge is 0.514 e. The minimum absolute atomic E-state index is 0.00903. The molecule has 16 nitrogen and oxygen atoms in total. The zero-order valence-electron chi connectivity index (χ0n) is 33.0. The van der Waals surface area contributed by atoms with Gasteiger partial charge in [0, 0.05) is 29.2 Å². The van der Waals surface area contributed by atoms with Crippen molar-refractivity contribution in [3.63, 3.8) is 0 Å². The van der Waals surface area contributed by atoms with Crippen LogP contribution in [0.25, 0.3) is 34.2 Å². The second kappa shape index (κ2) is 19.7. The van der Waals surface area contributed by atoms with Gasteiger partial charge in [0.1, 0.15) is 34.7 Å². The first-order valence-electron chi connectivity index (χ1n) is 17.2. The SMILES string of the molecule is C=CC(=O)Oc1ccc(-c2nc(-c3ccc(C)cc3OC(=O)OC(C)(C)C)nc(-c3ccc(C=O)cc3OC(=O)OC(C)(C)C)n2)c(C=O)c1.CCC(=O)OOC. The summed E-state index contributed by atoms with van der Waals surface area (Å²) in [5.74, 6) is -1.14. The maximum Gasteiger partial charge on any atom is 0.514 e. The highest BCUT2D eigenvalue weighted by molar-refractivity contribution is 5.89. The maximum absolute atomic E-state index is 12.8.